The van der Waals surface area contributed by atoms with Crippen molar-refractivity contribution in [2.24, 2.45) is 11.3 Å². The zero-order chi connectivity index (χ0) is 14.2. The van der Waals surface area contributed by atoms with Crippen molar-refractivity contribution in [2.45, 2.75) is 39.2 Å². The summed E-state index contributed by atoms with van der Waals surface area (Å²) in [6.07, 6.45) is 4.62. The lowest BCUT2D eigenvalue weighted by Crippen LogP contribution is -2.48. The molecule has 1 aliphatic carbocycles. The molecule has 1 N–H and O–H groups in total. The normalized spacial score (nSPS) is 29.2. The van der Waals surface area contributed by atoms with Crippen LogP contribution in [-0.4, -0.2) is 36.1 Å². The van der Waals surface area contributed by atoms with Gasteiger partial charge in [0.15, 0.2) is 0 Å². The Morgan fingerprint density at radius 2 is 2.45 bits per heavy atom. The van der Waals surface area contributed by atoms with E-state index in [1.165, 1.54) is 19.3 Å². The molecule has 0 bridgehead atoms. The summed E-state index contributed by atoms with van der Waals surface area (Å²) in [4.78, 5) is 14.8. The van der Waals surface area contributed by atoms with Gasteiger partial charge in [0.05, 0.1) is 12.0 Å². The second-order valence-corrected chi connectivity index (χ2v) is 6.32. The molecule has 5 nitrogen and oxygen atoms in total. The number of carbonyl (C=O) groups is 1. The van der Waals surface area contributed by atoms with E-state index in [0.29, 0.717) is 12.5 Å². The van der Waals surface area contributed by atoms with E-state index in [9.17, 15) is 4.79 Å². The van der Waals surface area contributed by atoms with E-state index in [2.05, 4.69) is 10.5 Å². The van der Waals surface area contributed by atoms with Crippen LogP contribution in [0.25, 0.3) is 0 Å². The number of aryl methyl sites for hydroxylation is 1. The molecule has 2 atom stereocenters. The summed E-state index contributed by atoms with van der Waals surface area (Å²) in [5.41, 5.74) is 0.652. The average Bonchev–Trinajstić information content (AvgIpc) is 3.04. The Morgan fingerprint density at radius 1 is 1.60 bits per heavy atom. The molecular formula is C15H23N3O2. The molecule has 1 aliphatic heterocycles. The number of fused-ring (bicyclic) bond motifs is 1. The lowest BCUT2D eigenvalue weighted by Gasteiger charge is -2.39. The van der Waals surface area contributed by atoms with Crippen molar-refractivity contribution >= 4 is 5.91 Å². The number of amides is 1. The third-order valence-electron chi connectivity index (χ3n) is 4.89. The van der Waals surface area contributed by atoms with E-state index < -0.39 is 0 Å². The molecule has 2 fully saturated rings. The molecule has 1 amide bonds. The highest BCUT2D eigenvalue weighted by Gasteiger charge is 2.50. The molecule has 1 saturated heterocycles. The second kappa shape index (κ2) is 5.20. The predicted octanol–water partition coefficient (Wildman–Crippen LogP) is 1.72. The van der Waals surface area contributed by atoms with E-state index >= 15 is 0 Å². The van der Waals surface area contributed by atoms with Crippen LogP contribution in [0.1, 0.15) is 37.1 Å². The Morgan fingerprint density at radius 3 is 3.20 bits per heavy atom. The van der Waals surface area contributed by atoms with Crippen LogP contribution >= 0.6 is 0 Å². The van der Waals surface area contributed by atoms with Crippen LogP contribution in [0, 0.1) is 18.3 Å². The highest BCUT2D eigenvalue weighted by atomic mass is 16.5. The zero-order valence-corrected chi connectivity index (χ0v) is 12.3. The average molecular weight is 277 g/mol. The van der Waals surface area contributed by atoms with Crippen molar-refractivity contribution in [3.05, 3.63) is 17.5 Å². The largest absolute Gasteiger partial charge is 0.361 e. The number of rotatable bonds is 3. The SMILES string of the molecule is Cc1cc(CN(C)C(=O)[C@@]23CCCC[C@H]2CNC3)no1. The standard InChI is InChI=1S/C15H23N3O2/c1-11-7-13(17-20-11)9-18(2)14(19)15-6-4-3-5-12(15)8-16-10-15/h7,12,16H,3-6,8-10H2,1-2H3/t12-,15+/m0/s1. The summed E-state index contributed by atoms with van der Waals surface area (Å²) in [5.74, 6) is 1.56. The number of nitrogens with zero attached hydrogens (tertiary/aromatic N) is 2. The maximum Gasteiger partial charge on any atom is 0.230 e. The topological polar surface area (TPSA) is 58.4 Å². The third kappa shape index (κ3) is 2.24. The Balaban J connectivity index is 1.73. The third-order valence-corrected chi connectivity index (χ3v) is 4.89. The molecular weight excluding hydrogens is 254 g/mol. The molecule has 110 valence electrons. The Bertz CT molecular complexity index is 499. The Kier molecular flexibility index (Phi) is 3.54. The quantitative estimate of drug-likeness (QED) is 0.914. The molecule has 0 unspecified atom stereocenters. The van der Waals surface area contributed by atoms with Gasteiger partial charge in [-0.1, -0.05) is 18.0 Å². The smallest absolute Gasteiger partial charge is 0.230 e. The molecule has 3 rings (SSSR count). The van der Waals surface area contributed by atoms with Crippen LogP contribution in [0.3, 0.4) is 0 Å². The van der Waals surface area contributed by atoms with Gasteiger partial charge in [-0.2, -0.15) is 0 Å². The molecule has 5 heteroatoms. The van der Waals surface area contributed by atoms with Crippen LogP contribution in [0.5, 0.6) is 0 Å². The first-order valence-electron chi connectivity index (χ1n) is 7.50. The van der Waals surface area contributed by atoms with Gasteiger partial charge in [-0.05, 0) is 32.2 Å². The van der Waals surface area contributed by atoms with E-state index in [1.807, 2.05) is 24.9 Å². The van der Waals surface area contributed by atoms with Gasteiger partial charge in [-0.25, -0.2) is 0 Å². The fourth-order valence-corrected chi connectivity index (χ4v) is 3.86. The van der Waals surface area contributed by atoms with Gasteiger partial charge in [0.2, 0.25) is 5.91 Å². The van der Waals surface area contributed by atoms with Gasteiger partial charge in [0.1, 0.15) is 11.5 Å². The van der Waals surface area contributed by atoms with Crippen LogP contribution < -0.4 is 5.32 Å². The number of nitrogens with one attached hydrogen (secondary N) is 1. The molecule has 20 heavy (non-hydrogen) atoms. The molecule has 2 heterocycles. The number of aromatic nitrogens is 1. The summed E-state index contributed by atoms with van der Waals surface area (Å²) in [6.45, 7) is 4.22. The van der Waals surface area contributed by atoms with Crippen molar-refractivity contribution in [1.82, 2.24) is 15.4 Å². The van der Waals surface area contributed by atoms with Crippen LogP contribution in [0.15, 0.2) is 10.6 Å². The molecule has 1 aromatic heterocycles. The molecule has 2 aliphatic rings. The molecule has 1 aromatic rings. The number of hydrogen-bond donors (Lipinski definition) is 1. The van der Waals surface area contributed by atoms with Crippen LogP contribution in [0.4, 0.5) is 0 Å². The van der Waals surface area contributed by atoms with E-state index in [-0.39, 0.29) is 11.3 Å². The minimum Gasteiger partial charge on any atom is -0.361 e. The van der Waals surface area contributed by atoms with Crippen molar-refractivity contribution in [1.29, 1.82) is 0 Å². The van der Waals surface area contributed by atoms with Gasteiger partial charge in [0.25, 0.3) is 0 Å². The van der Waals surface area contributed by atoms with E-state index in [0.717, 1.165) is 31.0 Å². The monoisotopic (exact) mass is 277 g/mol. The molecule has 0 aromatic carbocycles. The first kappa shape index (κ1) is 13.6. The van der Waals surface area contributed by atoms with E-state index in [4.69, 9.17) is 4.52 Å². The van der Waals surface area contributed by atoms with Crippen molar-refractivity contribution < 1.29 is 9.32 Å². The summed E-state index contributed by atoms with van der Waals surface area (Å²) >= 11 is 0. The van der Waals surface area contributed by atoms with Crippen LogP contribution in [0.2, 0.25) is 0 Å². The zero-order valence-electron chi connectivity index (χ0n) is 12.3. The maximum absolute atomic E-state index is 12.9. The Hall–Kier alpha value is -1.36. The van der Waals surface area contributed by atoms with Gasteiger partial charge >= 0.3 is 0 Å². The molecule has 1 saturated carbocycles. The summed E-state index contributed by atoms with van der Waals surface area (Å²) in [7, 11) is 1.88. The fourth-order valence-electron chi connectivity index (χ4n) is 3.86. The highest BCUT2D eigenvalue weighted by molar-refractivity contribution is 5.83. The second-order valence-electron chi connectivity index (χ2n) is 6.32. The van der Waals surface area contributed by atoms with Crippen molar-refractivity contribution in [3.63, 3.8) is 0 Å². The van der Waals surface area contributed by atoms with Crippen molar-refractivity contribution in [2.75, 3.05) is 20.1 Å². The van der Waals surface area contributed by atoms with Gasteiger partial charge in [-0.15, -0.1) is 0 Å². The fraction of sp³-hybridized carbons (Fsp3) is 0.733. The lowest BCUT2D eigenvalue weighted by molar-refractivity contribution is -0.144. The Labute approximate surface area is 119 Å². The lowest BCUT2D eigenvalue weighted by atomic mass is 9.67. The molecule has 0 spiro atoms. The maximum atomic E-state index is 12.9. The van der Waals surface area contributed by atoms with Crippen LogP contribution in [-0.2, 0) is 11.3 Å². The van der Waals surface area contributed by atoms with Crippen molar-refractivity contribution in [3.8, 4) is 0 Å². The first-order valence-corrected chi connectivity index (χ1v) is 7.50. The highest BCUT2D eigenvalue weighted by Crippen LogP contribution is 2.45. The first-order chi connectivity index (χ1) is 9.62. The minimum absolute atomic E-state index is 0.175. The summed E-state index contributed by atoms with van der Waals surface area (Å²) in [5, 5.41) is 7.41. The van der Waals surface area contributed by atoms with E-state index in [1.54, 1.807) is 0 Å². The number of hydrogen-bond acceptors (Lipinski definition) is 4. The minimum atomic E-state index is -0.175. The molecule has 0 radical (unpaired) electrons. The van der Waals surface area contributed by atoms with Gasteiger partial charge in [0, 0.05) is 19.7 Å². The summed E-state index contributed by atoms with van der Waals surface area (Å²) < 4.78 is 5.08. The predicted molar refractivity (Wildman–Crippen MR) is 75.0 cm³/mol. The number of carbonyl (C=O) groups excluding carboxylic acids is 1. The summed E-state index contributed by atoms with van der Waals surface area (Å²) in [6, 6.07) is 1.90. The van der Waals surface area contributed by atoms with Gasteiger partial charge < -0.3 is 14.7 Å². The van der Waals surface area contributed by atoms with Gasteiger partial charge in [-0.3, -0.25) is 4.79 Å².